The van der Waals surface area contributed by atoms with Gasteiger partial charge in [-0.25, -0.2) is 4.98 Å². The van der Waals surface area contributed by atoms with Gasteiger partial charge in [-0.3, -0.25) is 0 Å². The highest BCUT2D eigenvalue weighted by Crippen LogP contribution is 2.19. The first-order valence-corrected chi connectivity index (χ1v) is 6.85. The van der Waals surface area contributed by atoms with Gasteiger partial charge in [0.2, 0.25) is 5.95 Å². The number of imidazole rings is 1. The summed E-state index contributed by atoms with van der Waals surface area (Å²) in [6.07, 6.45) is 3.11. The average Bonchev–Trinajstić information content (AvgIpc) is 2.67. The number of hydrogen-bond acceptors (Lipinski definition) is 3. The Hall–Kier alpha value is -1.03. The van der Waals surface area contributed by atoms with Gasteiger partial charge in [-0.05, 0) is 33.1 Å². The third-order valence-corrected chi connectivity index (χ3v) is 3.39. The Morgan fingerprint density at radius 3 is 2.44 bits per heavy atom. The van der Waals surface area contributed by atoms with Crippen LogP contribution in [0.1, 0.15) is 45.9 Å². The Labute approximate surface area is 111 Å². The van der Waals surface area contributed by atoms with Crippen LogP contribution in [-0.2, 0) is 0 Å². The van der Waals surface area contributed by atoms with E-state index in [0.29, 0.717) is 12.0 Å². The minimum absolute atomic E-state index is 0.260. The van der Waals surface area contributed by atoms with Crippen LogP contribution in [-0.4, -0.2) is 29.2 Å². The second-order valence-corrected chi connectivity index (χ2v) is 5.80. The number of hydrogen-bond donors (Lipinski definition) is 1. The van der Waals surface area contributed by atoms with Gasteiger partial charge < -0.3 is 15.2 Å². The molecule has 0 aliphatic rings. The number of aromatic nitrogens is 2. The summed E-state index contributed by atoms with van der Waals surface area (Å²) in [4.78, 5) is 6.81. The molecule has 1 aromatic rings. The molecule has 0 fully saturated rings. The van der Waals surface area contributed by atoms with Gasteiger partial charge in [-0.1, -0.05) is 13.8 Å². The van der Waals surface area contributed by atoms with Crippen LogP contribution in [0.15, 0.2) is 6.20 Å². The molecule has 0 saturated carbocycles. The van der Waals surface area contributed by atoms with Crippen molar-refractivity contribution in [2.24, 2.45) is 11.7 Å². The van der Waals surface area contributed by atoms with E-state index < -0.39 is 0 Å². The molecule has 104 valence electrons. The lowest BCUT2D eigenvalue weighted by Gasteiger charge is -2.24. The predicted molar refractivity (Wildman–Crippen MR) is 78.0 cm³/mol. The zero-order valence-electron chi connectivity index (χ0n) is 12.6. The van der Waals surface area contributed by atoms with Crippen LogP contribution >= 0.6 is 0 Å². The van der Waals surface area contributed by atoms with E-state index >= 15 is 0 Å². The van der Waals surface area contributed by atoms with Crippen LogP contribution in [0.25, 0.3) is 0 Å². The molecule has 0 aliphatic carbocycles. The van der Waals surface area contributed by atoms with Crippen molar-refractivity contribution in [3.05, 3.63) is 11.9 Å². The smallest absolute Gasteiger partial charge is 0.205 e. The second kappa shape index (κ2) is 6.23. The van der Waals surface area contributed by atoms with Crippen LogP contribution in [0.2, 0.25) is 0 Å². The molecule has 2 N–H and O–H groups in total. The molecule has 1 heterocycles. The predicted octanol–water partition coefficient (Wildman–Crippen LogP) is 2.58. The first kappa shape index (κ1) is 15.0. The van der Waals surface area contributed by atoms with E-state index in [-0.39, 0.29) is 6.04 Å². The first-order chi connectivity index (χ1) is 8.32. The van der Waals surface area contributed by atoms with E-state index in [9.17, 15) is 0 Å². The molecule has 0 aliphatic heterocycles. The number of anilines is 1. The largest absolute Gasteiger partial charge is 0.345 e. The summed E-state index contributed by atoms with van der Waals surface area (Å²) in [7, 11) is 2.09. The molecule has 1 aromatic heterocycles. The molecular formula is C14H28N4. The van der Waals surface area contributed by atoms with Crippen LogP contribution in [0.5, 0.6) is 0 Å². The van der Waals surface area contributed by atoms with Crippen molar-refractivity contribution in [1.29, 1.82) is 0 Å². The average molecular weight is 252 g/mol. The topological polar surface area (TPSA) is 47.1 Å². The summed E-state index contributed by atoms with van der Waals surface area (Å²) in [5, 5.41) is 0. The fourth-order valence-electron chi connectivity index (χ4n) is 1.94. The summed E-state index contributed by atoms with van der Waals surface area (Å²) in [6, 6.07) is 0.693. The summed E-state index contributed by atoms with van der Waals surface area (Å²) in [5.74, 6) is 1.57. The van der Waals surface area contributed by atoms with E-state index in [1.807, 2.05) is 6.92 Å². The Morgan fingerprint density at radius 2 is 1.94 bits per heavy atom. The quantitative estimate of drug-likeness (QED) is 0.846. The Kier molecular flexibility index (Phi) is 5.20. The molecule has 0 bridgehead atoms. The molecule has 0 spiro atoms. The maximum atomic E-state index is 6.09. The number of nitrogens with two attached hydrogens (primary N) is 1. The Bertz CT molecular complexity index is 368. The zero-order valence-corrected chi connectivity index (χ0v) is 12.6. The van der Waals surface area contributed by atoms with Crippen LogP contribution in [0.4, 0.5) is 5.95 Å². The Morgan fingerprint density at radius 1 is 1.33 bits per heavy atom. The number of aryl methyl sites for hydroxylation is 1. The van der Waals surface area contributed by atoms with Crippen molar-refractivity contribution in [1.82, 2.24) is 9.55 Å². The highest BCUT2D eigenvalue weighted by Gasteiger charge is 2.14. The molecular weight excluding hydrogens is 224 g/mol. The van der Waals surface area contributed by atoms with Gasteiger partial charge in [0.05, 0.1) is 5.69 Å². The number of nitrogens with zero attached hydrogens (tertiary/aromatic N) is 3. The summed E-state index contributed by atoms with van der Waals surface area (Å²) >= 11 is 0. The van der Waals surface area contributed by atoms with E-state index in [1.165, 1.54) is 0 Å². The molecule has 0 radical (unpaired) electrons. The van der Waals surface area contributed by atoms with Crippen LogP contribution in [0, 0.1) is 12.8 Å². The Balaban J connectivity index is 2.69. The molecule has 1 rings (SSSR count). The van der Waals surface area contributed by atoms with Crippen molar-refractivity contribution < 1.29 is 0 Å². The third kappa shape index (κ3) is 3.73. The summed E-state index contributed by atoms with van der Waals surface area (Å²) in [6.45, 7) is 11.7. The first-order valence-electron chi connectivity index (χ1n) is 6.85. The van der Waals surface area contributed by atoms with Gasteiger partial charge >= 0.3 is 0 Å². The van der Waals surface area contributed by atoms with E-state index in [1.54, 1.807) is 0 Å². The lowest BCUT2D eigenvalue weighted by Crippen LogP contribution is -2.32. The van der Waals surface area contributed by atoms with Crippen molar-refractivity contribution in [3.63, 3.8) is 0 Å². The van der Waals surface area contributed by atoms with Crippen LogP contribution < -0.4 is 10.6 Å². The summed E-state index contributed by atoms with van der Waals surface area (Å²) in [5.41, 5.74) is 7.16. The van der Waals surface area contributed by atoms with Gasteiger partial charge in [0.15, 0.2) is 0 Å². The fraction of sp³-hybridized carbons (Fsp3) is 0.786. The van der Waals surface area contributed by atoms with Crippen molar-refractivity contribution in [2.75, 3.05) is 18.5 Å². The highest BCUT2D eigenvalue weighted by molar-refractivity contribution is 5.32. The molecule has 4 nitrogen and oxygen atoms in total. The molecule has 0 amide bonds. The van der Waals surface area contributed by atoms with E-state index in [2.05, 4.69) is 55.4 Å². The molecule has 0 aromatic carbocycles. The van der Waals surface area contributed by atoms with Gasteiger partial charge in [-0.2, -0.15) is 0 Å². The molecule has 1 atom stereocenters. The monoisotopic (exact) mass is 252 g/mol. The van der Waals surface area contributed by atoms with Gasteiger partial charge in [0.1, 0.15) is 0 Å². The second-order valence-electron chi connectivity index (χ2n) is 5.80. The maximum absolute atomic E-state index is 6.09. The van der Waals surface area contributed by atoms with Gasteiger partial charge in [0, 0.05) is 31.9 Å². The minimum atomic E-state index is 0.260. The lowest BCUT2D eigenvalue weighted by atomic mass is 10.0. The molecule has 0 saturated heterocycles. The third-order valence-electron chi connectivity index (χ3n) is 3.39. The standard InChI is InChI=1S/C14H28N4/c1-10(2)13(15)7-8-17(6)14-16-12(5)9-18(14)11(3)4/h9-11,13H,7-8,15H2,1-6H3. The molecule has 4 heteroatoms. The SMILES string of the molecule is Cc1cn(C(C)C)c(N(C)CCC(N)C(C)C)n1. The maximum Gasteiger partial charge on any atom is 0.205 e. The normalized spacial score (nSPS) is 13.4. The van der Waals surface area contributed by atoms with E-state index in [0.717, 1.165) is 24.6 Å². The van der Waals surface area contributed by atoms with Crippen molar-refractivity contribution in [2.45, 2.75) is 53.1 Å². The lowest BCUT2D eigenvalue weighted by molar-refractivity contribution is 0.463. The highest BCUT2D eigenvalue weighted by atomic mass is 15.3. The fourth-order valence-corrected chi connectivity index (χ4v) is 1.94. The van der Waals surface area contributed by atoms with Crippen molar-refractivity contribution >= 4 is 5.95 Å². The minimum Gasteiger partial charge on any atom is -0.345 e. The van der Waals surface area contributed by atoms with E-state index in [4.69, 9.17) is 5.73 Å². The van der Waals surface area contributed by atoms with Crippen molar-refractivity contribution in [3.8, 4) is 0 Å². The van der Waals surface area contributed by atoms with Gasteiger partial charge in [-0.15, -0.1) is 0 Å². The van der Waals surface area contributed by atoms with Gasteiger partial charge in [0.25, 0.3) is 0 Å². The summed E-state index contributed by atoms with van der Waals surface area (Å²) < 4.78 is 2.22. The molecule has 1 unspecified atom stereocenters. The number of rotatable bonds is 6. The zero-order chi connectivity index (χ0) is 13.9. The van der Waals surface area contributed by atoms with Crippen LogP contribution in [0.3, 0.4) is 0 Å². The molecule has 18 heavy (non-hydrogen) atoms.